The highest BCUT2D eigenvalue weighted by molar-refractivity contribution is 5.85. The van der Waals surface area contributed by atoms with E-state index in [2.05, 4.69) is 34.9 Å². The van der Waals surface area contributed by atoms with Gasteiger partial charge in [-0.15, -0.1) is 0 Å². The number of carbonyl (C=O) groups is 2. The average molecular weight is 437 g/mol. The van der Waals surface area contributed by atoms with Crippen molar-refractivity contribution in [2.45, 2.75) is 68.7 Å². The zero-order chi connectivity index (χ0) is 21.9. The van der Waals surface area contributed by atoms with Crippen LogP contribution < -0.4 is 10.6 Å². The SMILES string of the molecule is COC(=O)CC1c2ccccc2C2(CCNCC2)C1C(=O)NC1C2CC3CC(C2)CC1C3. The zero-order valence-corrected chi connectivity index (χ0v) is 19.1. The van der Waals surface area contributed by atoms with Crippen LogP contribution in [-0.4, -0.2) is 38.1 Å². The van der Waals surface area contributed by atoms with Crippen molar-refractivity contribution in [3.63, 3.8) is 0 Å². The highest BCUT2D eigenvalue weighted by Gasteiger charge is 2.57. The molecule has 1 heterocycles. The maximum absolute atomic E-state index is 14.2. The second-order valence-corrected chi connectivity index (χ2v) is 11.3. The number of nitrogens with one attached hydrogen (secondary N) is 2. The average Bonchev–Trinajstić information content (AvgIpc) is 3.05. The van der Waals surface area contributed by atoms with E-state index in [1.54, 1.807) is 0 Å². The molecule has 1 aromatic carbocycles. The normalized spacial score (nSPS) is 38.5. The number of piperidine rings is 1. The first-order valence-electron chi connectivity index (χ1n) is 12.8. The van der Waals surface area contributed by atoms with Crippen molar-refractivity contribution in [3.8, 4) is 0 Å². The molecule has 1 saturated heterocycles. The first-order chi connectivity index (χ1) is 15.6. The maximum atomic E-state index is 14.2. The Labute approximate surface area is 191 Å². The van der Waals surface area contributed by atoms with Gasteiger partial charge in [0.1, 0.15) is 0 Å². The Morgan fingerprint density at radius 2 is 1.69 bits per heavy atom. The van der Waals surface area contributed by atoms with Crippen LogP contribution in [0, 0.1) is 29.6 Å². The Hall–Kier alpha value is -1.88. The van der Waals surface area contributed by atoms with E-state index in [1.807, 2.05) is 0 Å². The minimum Gasteiger partial charge on any atom is -0.469 e. The predicted molar refractivity (Wildman–Crippen MR) is 122 cm³/mol. The Bertz CT molecular complexity index is 878. The van der Waals surface area contributed by atoms with Gasteiger partial charge in [-0.05, 0) is 92.8 Å². The third-order valence-corrected chi connectivity index (χ3v) is 9.82. The van der Waals surface area contributed by atoms with Crippen molar-refractivity contribution in [3.05, 3.63) is 35.4 Å². The number of amides is 1. The molecular formula is C27H36N2O3. The molecule has 1 aromatic rings. The van der Waals surface area contributed by atoms with Crippen LogP contribution in [0.4, 0.5) is 0 Å². The number of hydrogen-bond acceptors (Lipinski definition) is 4. The van der Waals surface area contributed by atoms with Crippen LogP contribution >= 0.6 is 0 Å². The van der Waals surface area contributed by atoms with Gasteiger partial charge in [-0.2, -0.15) is 0 Å². The minimum atomic E-state index is -0.219. The Balaban J connectivity index is 1.34. The Morgan fingerprint density at radius 3 is 2.34 bits per heavy atom. The molecule has 6 aliphatic rings. The second-order valence-electron chi connectivity index (χ2n) is 11.3. The van der Waals surface area contributed by atoms with Crippen molar-refractivity contribution in [1.82, 2.24) is 10.6 Å². The van der Waals surface area contributed by atoms with Gasteiger partial charge in [-0.25, -0.2) is 0 Å². The molecule has 2 unspecified atom stereocenters. The number of hydrogen-bond donors (Lipinski definition) is 2. The third kappa shape index (κ3) is 3.14. The number of fused-ring (bicyclic) bond motifs is 2. The van der Waals surface area contributed by atoms with Crippen molar-refractivity contribution < 1.29 is 14.3 Å². The van der Waals surface area contributed by atoms with Crippen LogP contribution in [0.3, 0.4) is 0 Å². The van der Waals surface area contributed by atoms with Gasteiger partial charge in [0.2, 0.25) is 5.91 Å². The van der Waals surface area contributed by atoms with Crippen molar-refractivity contribution in [2.75, 3.05) is 20.2 Å². The van der Waals surface area contributed by atoms with Crippen molar-refractivity contribution in [2.24, 2.45) is 29.6 Å². The van der Waals surface area contributed by atoms with Crippen molar-refractivity contribution in [1.29, 1.82) is 0 Å². The summed E-state index contributed by atoms with van der Waals surface area (Å²) in [6.45, 7) is 1.84. The van der Waals surface area contributed by atoms with E-state index >= 15 is 0 Å². The summed E-state index contributed by atoms with van der Waals surface area (Å²) >= 11 is 0. The van der Waals surface area contributed by atoms with Crippen LogP contribution in [0.25, 0.3) is 0 Å². The lowest BCUT2D eigenvalue weighted by Crippen LogP contribution is -2.58. The zero-order valence-electron chi connectivity index (χ0n) is 19.1. The second kappa shape index (κ2) is 7.86. The van der Waals surface area contributed by atoms with E-state index in [9.17, 15) is 9.59 Å². The molecule has 2 atom stereocenters. The molecule has 1 amide bonds. The van der Waals surface area contributed by atoms with Gasteiger partial charge < -0.3 is 15.4 Å². The molecule has 1 spiro atoms. The Morgan fingerprint density at radius 1 is 1.03 bits per heavy atom. The molecular weight excluding hydrogens is 400 g/mol. The number of esters is 1. The molecule has 4 bridgehead atoms. The van der Waals surface area contributed by atoms with Gasteiger partial charge in [0, 0.05) is 17.4 Å². The molecule has 32 heavy (non-hydrogen) atoms. The van der Waals surface area contributed by atoms with Gasteiger partial charge in [-0.3, -0.25) is 9.59 Å². The van der Waals surface area contributed by atoms with Crippen molar-refractivity contribution >= 4 is 11.9 Å². The number of carbonyl (C=O) groups excluding carboxylic acids is 2. The van der Waals surface area contributed by atoms with Crippen LogP contribution in [0.1, 0.15) is 68.4 Å². The molecule has 2 N–H and O–H groups in total. The molecule has 4 saturated carbocycles. The van der Waals surface area contributed by atoms with Crippen LogP contribution in [0.2, 0.25) is 0 Å². The molecule has 7 rings (SSSR count). The number of benzene rings is 1. The van der Waals surface area contributed by atoms with Gasteiger partial charge in [0.05, 0.1) is 19.4 Å². The minimum absolute atomic E-state index is 0.103. The first-order valence-corrected chi connectivity index (χ1v) is 12.8. The van der Waals surface area contributed by atoms with E-state index in [0.717, 1.165) is 37.8 Å². The van der Waals surface area contributed by atoms with Gasteiger partial charge in [-0.1, -0.05) is 24.3 Å². The molecule has 5 fully saturated rings. The van der Waals surface area contributed by atoms with E-state index in [1.165, 1.54) is 50.3 Å². The van der Waals surface area contributed by atoms with Crippen LogP contribution in [-0.2, 0) is 19.7 Å². The highest BCUT2D eigenvalue weighted by Crippen LogP contribution is 2.57. The number of ether oxygens (including phenoxy) is 1. The first kappa shape index (κ1) is 20.7. The predicted octanol–water partition coefficient (Wildman–Crippen LogP) is 3.53. The largest absolute Gasteiger partial charge is 0.469 e. The van der Waals surface area contributed by atoms with Gasteiger partial charge in [0.15, 0.2) is 0 Å². The van der Waals surface area contributed by atoms with Crippen LogP contribution in [0.5, 0.6) is 0 Å². The molecule has 5 heteroatoms. The highest BCUT2D eigenvalue weighted by atomic mass is 16.5. The summed E-state index contributed by atoms with van der Waals surface area (Å²) in [7, 11) is 1.45. The fourth-order valence-corrected chi connectivity index (χ4v) is 8.80. The summed E-state index contributed by atoms with van der Waals surface area (Å²) < 4.78 is 5.08. The third-order valence-electron chi connectivity index (χ3n) is 9.82. The van der Waals surface area contributed by atoms with Crippen LogP contribution in [0.15, 0.2) is 24.3 Å². The summed E-state index contributed by atoms with van der Waals surface area (Å²) in [5, 5.41) is 7.11. The van der Waals surface area contributed by atoms with E-state index < -0.39 is 0 Å². The topological polar surface area (TPSA) is 67.4 Å². The van der Waals surface area contributed by atoms with Gasteiger partial charge >= 0.3 is 5.97 Å². The summed E-state index contributed by atoms with van der Waals surface area (Å²) in [6, 6.07) is 8.83. The maximum Gasteiger partial charge on any atom is 0.306 e. The standard InChI is InChI=1S/C27H36N2O3/c1-32-23(30)15-21-20-4-2-3-5-22(20)27(6-8-28-9-7-27)24(21)26(31)29-25-18-11-16-10-17(13-18)14-19(25)12-16/h2-5,16-19,21,24-25,28H,6-15H2,1H3,(H,29,31). The Kier molecular flexibility index (Phi) is 5.09. The van der Waals surface area contributed by atoms with Gasteiger partial charge in [0.25, 0.3) is 0 Å². The number of methoxy groups -OCH3 is 1. The van der Waals surface area contributed by atoms with E-state index in [-0.39, 0.29) is 35.5 Å². The number of rotatable bonds is 4. The summed E-state index contributed by atoms with van der Waals surface area (Å²) in [4.78, 5) is 26.6. The molecule has 0 radical (unpaired) electrons. The lowest BCUT2D eigenvalue weighted by Gasteiger charge is -2.55. The molecule has 0 aromatic heterocycles. The molecule has 1 aliphatic heterocycles. The lowest BCUT2D eigenvalue weighted by atomic mass is 9.54. The smallest absolute Gasteiger partial charge is 0.306 e. The monoisotopic (exact) mass is 436 g/mol. The molecule has 5 aliphatic carbocycles. The van der Waals surface area contributed by atoms with E-state index in [4.69, 9.17) is 4.74 Å². The summed E-state index contributed by atoms with van der Waals surface area (Å²) in [5.74, 6) is 2.77. The van der Waals surface area contributed by atoms with E-state index in [0.29, 0.717) is 17.9 Å². The molecule has 172 valence electrons. The lowest BCUT2D eigenvalue weighted by molar-refractivity contribution is -0.142. The quantitative estimate of drug-likeness (QED) is 0.709. The fraction of sp³-hybridized carbons (Fsp3) is 0.704. The summed E-state index contributed by atoms with van der Waals surface area (Å²) in [6.07, 6.45) is 8.77. The fourth-order valence-electron chi connectivity index (χ4n) is 8.80. The summed E-state index contributed by atoms with van der Waals surface area (Å²) in [5.41, 5.74) is 2.29. The molecule has 5 nitrogen and oxygen atoms in total.